The van der Waals surface area contributed by atoms with Crippen molar-refractivity contribution >= 4 is 55.7 Å². The number of nitrogens with zero attached hydrogens (tertiary/aromatic N) is 2. The predicted molar refractivity (Wildman–Crippen MR) is 135 cm³/mol. The third-order valence-electron chi connectivity index (χ3n) is 5.87. The van der Waals surface area contributed by atoms with E-state index < -0.39 is 29.5 Å². The maximum absolute atomic E-state index is 13.4. The van der Waals surface area contributed by atoms with Crippen molar-refractivity contribution in [1.29, 1.82) is 0 Å². The van der Waals surface area contributed by atoms with Crippen molar-refractivity contribution in [1.82, 2.24) is 4.98 Å². The molecular weight excluding hydrogens is 484 g/mol. The molecule has 1 atom stereocenters. The van der Waals surface area contributed by atoms with E-state index in [1.165, 1.54) is 34.7 Å². The standard InChI is InChI=1S/C26H20N2O5S2/c1-13-11-14(2)20-18(12-13)35-26(27-20)28-21(15-6-8-16(9-7-15)25(32)33-3)19(23(30)24(28)31)22(29)17-5-4-10-34-17/h4-12,21,30H,1-3H3/t21-/m0/s1. The Labute approximate surface area is 208 Å². The lowest BCUT2D eigenvalue weighted by molar-refractivity contribution is -0.117. The number of hydrogen-bond acceptors (Lipinski definition) is 8. The SMILES string of the molecule is COC(=O)c1ccc([C@H]2C(C(=O)c3cccs3)=C(O)C(=O)N2c2nc3c(C)cc(C)cc3s2)cc1. The van der Waals surface area contributed by atoms with Gasteiger partial charge in [0.15, 0.2) is 10.9 Å². The van der Waals surface area contributed by atoms with Gasteiger partial charge in [-0.25, -0.2) is 9.78 Å². The van der Waals surface area contributed by atoms with Gasteiger partial charge in [0.25, 0.3) is 5.91 Å². The zero-order valence-corrected chi connectivity index (χ0v) is 20.7. The molecule has 2 aromatic heterocycles. The van der Waals surface area contributed by atoms with Gasteiger partial charge in [0.1, 0.15) is 0 Å². The molecule has 1 aliphatic rings. The largest absolute Gasteiger partial charge is 0.503 e. The van der Waals surface area contributed by atoms with Gasteiger partial charge in [0, 0.05) is 0 Å². The van der Waals surface area contributed by atoms with Crippen LogP contribution >= 0.6 is 22.7 Å². The monoisotopic (exact) mass is 504 g/mol. The molecule has 7 nitrogen and oxygen atoms in total. The summed E-state index contributed by atoms with van der Waals surface area (Å²) in [4.78, 5) is 45.2. The smallest absolute Gasteiger partial charge is 0.337 e. The van der Waals surface area contributed by atoms with Crippen LogP contribution < -0.4 is 4.90 Å². The fourth-order valence-electron chi connectivity index (χ4n) is 4.27. The number of thiazole rings is 1. The number of ether oxygens (including phenoxy) is 1. The summed E-state index contributed by atoms with van der Waals surface area (Å²) in [5, 5.41) is 13.1. The molecule has 1 amide bonds. The number of anilines is 1. The summed E-state index contributed by atoms with van der Waals surface area (Å²) in [5.74, 6) is -2.22. The fourth-order valence-corrected chi connectivity index (χ4v) is 6.12. The van der Waals surface area contributed by atoms with Crippen LogP contribution in [-0.4, -0.2) is 34.9 Å². The van der Waals surface area contributed by atoms with E-state index in [1.807, 2.05) is 26.0 Å². The predicted octanol–water partition coefficient (Wildman–Crippen LogP) is 5.54. The van der Waals surface area contributed by atoms with Crippen molar-refractivity contribution < 1.29 is 24.2 Å². The average molecular weight is 505 g/mol. The number of aliphatic hydroxyl groups excluding tert-OH is 1. The van der Waals surface area contributed by atoms with Crippen LogP contribution in [0.25, 0.3) is 10.2 Å². The third kappa shape index (κ3) is 3.82. The summed E-state index contributed by atoms with van der Waals surface area (Å²) in [6.45, 7) is 3.94. The molecule has 2 aromatic carbocycles. The van der Waals surface area contributed by atoms with Crippen molar-refractivity contribution in [2.45, 2.75) is 19.9 Å². The summed E-state index contributed by atoms with van der Waals surface area (Å²) in [6.07, 6.45) is 0. The van der Waals surface area contributed by atoms with Crippen molar-refractivity contribution in [3.8, 4) is 0 Å². The summed E-state index contributed by atoms with van der Waals surface area (Å²) in [7, 11) is 1.29. The Balaban J connectivity index is 1.67. The highest BCUT2D eigenvalue weighted by molar-refractivity contribution is 7.22. The highest BCUT2D eigenvalue weighted by Crippen LogP contribution is 2.45. The molecule has 1 aliphatic heterocycles. The number of thiophene rings is 1. The zero-order chi connectivity index (χ0) is 24.9. The van der Waals surface area contributed by atoms with Crippen LogP contribution in [0.5, 0.6) is 0 Å². The van der Waals surface area contributed by atoms with Crippen LogP contribution in [0.15, 0.2) is 65.2 Å². The second kappa shape index (κ2) is 8.75. The maximum Gasteiger partial charge on any atom is 0.337 e. The van der Waals surface area contributed by atoms with Crippen LogP contribution in [0.4, 0.5) is 5.13 Å². The number of hydrogen-bond donors (Lipinski definition) is 1. The number of aromatic nitrogens is 1. The molecule has 0 fully saturated rings. The van der Waals surface area contributed by atoms with Gasteiger partial charge in [-0.3, -0.25) is 14.5 Å². The van der Waals surface area contributed by atoms with E-state index in [9.17, 15) is 19.5 Å². The molecule has 35 heavy (non-hydrogen) atoms. The van der Waals surface area contributed by atoms with Gasteiger partial charge < -0.3 is 9.84 Å². The summed E-state index contributed by atoms with van der Waals surface area (Å²) in [6, 6.07) is 12.9. The second-order valence-corrected chi connectivity index (χ2v) is 10.1. The molecule has 0 unspecified atom stereocenters. The Bertz CT molecular complexity index is 1520. The van der Waals surface area contributed by atoms with Crippen LogP contribution in [0.3, 0.4) is 0 Å². The highest BCUT2D eigenvalue weighted by atomic mass is 32.1. The van der Waals surface area contributed by atoms with Crippen LogP contribution in [-0.2, 0) is 9.53 Å². The molecule has 1 N–H and O–H groups in total. The van der Waals surface area contributed by atoms with E-state index in [1.54, 1.807) is 41.8 Å². The number of fused-ring (bicyclic) bond motifs is 1. The van der Waals surface area contributed by atoms with E-state index in [0.29, 0.717) is 21.1 Å². The highest BCUT2D eigenvalue weighted by Gasteiger charge is 2.46. The number of amides is 1. The van der Waals surface area contributed by atoms with E-state index >= 15 is 0 Å². The number of Topliss-reactive ketones (excluding diaryl/α,β-unsaturated/α-hetero) is 1. The van der Waals surface area contributed by atoms with Crippen molar-refractivity contribution in [2.24, 2.45) is 0 Å². The van der Waals surface area contributed by atoms with E-state index in [0.717, 1.165) is 21.3 Å². The average Bonchev–Trinajstić information content (AvgIpc) is 3.57. The lowest BCUT2D eigenvalue weighted by Gasteiger charge is -2.24. The quantitative estimate of drug-likeness (QED) is 0.283. The molecule has 3 heterocycles. The van der Waals surface area contributed by atoms with Crippen molar-refractivity contribution in [2.75, 3.05) is 12.0 Å². The number of methoxy groups -OCH3 is 1. The van der Waals surface area contributed by atoms with Gasteiger partial charge >= 0.3 is 5.97 Å². The number of rotatable bonds is 5. The first-order chi connectivity index (χ1) is 16.8. The van der Waals surface area contributed by atoms with Gasteiger partial charge in [-0.2, -0.15) is 0 Å². The number of aliphatic hydroxyl groups is 1. The Morgan fingerprint density at radius 2 is 1.86 bits per heavy atom. The Morgan fingerprint density at radius 1 is 1.11 bits per heavy atom. The number of benzene rings is 2. The minimum atomic E-state index is -0.911. The van der Waals surface area contributed by atoms with Gasteiger partial charge in [0.2, 0.25) is 5.78 Å². The molecule has 0 radical (unpaired) electrons. The van der Waals surface area contributed by atoms with E-state index in [-0.39, 0.29) is 5.57 Å². The normalized spacial score (nSPS) is 15.8. The molecule has 0 bridgehead atoms. The van der Waals surface area contributed by atoms with Gasteiger partial charge in [-0.1, -0.05) is 35.6 Å². The lowest BCUT2D eigenvalue weighted by Crippen LogP contribution is -2.31. The van der Waals surface area contributed by atoms with Crippen LogP contribution in [0.2, 0.25) is 0 Å². The first kappa shape index (κ1) is 22.9. The molecule has 9 heteroatoms. The molecule has 0 spiro atoms. The molecular formula is C26H20N2O5S2. The Morgan fingerprint density at radius 3 is 2.51 bits per heavy atom. The Kier molecular flexibility index (Phi) is 5.74. The van der Waals surface area contributed by atoms with Crippen LogP contribution in [0.1, 0.15) is 42.8 Å². The maximum atomic E-state index is 13.4. The Hall–Kier alpha value is -3.82. The van der Waals surface area contributed by atoms with Crippen molar-refractivity contribution in [3.05, 3.63) is 92.4 Å². The topological polar surface area (TPSA) is 96.8 Å². The number of esters is 1. The molecule has 0 saturated heterocycles. The van der Waals surface area contributed by atoms with Gasteiger partial charge in [-0.05, 0) is 60.2 Å². The molecule has 0 aliphatic carbocycles. The molecule has 4 aromatic rings. The number of carbonyl (C=O) groups is 3. The van der Waals surface area contributed by atoms with Crippen molar-refractivity contribution in [3.63, 3.8) is 0 Å². The minimum Gasteiger partial charge on any atom is -0.503 e. The number of carbonyl (C=O) groups excluding carboxylic acids is 3. The zero-order valence-electron chi connectivity index (χ0n) is 19.1. The van der Waals surface area contributed by atoms with E-state index in [2.05, 4.69) is 0 Å². The van der Waals surface area contributed by atoms with E-state index in [4.69, 9.17) is 9.72 Å². The number of ketones is 1. The van der Waals surface area contributed by atoms with Gasteiger partial charge in [-0.15, -0.1) is 11.3 Å². The molecule has 176 valence electrons. The summed E-state index contributed by atoms with van der Waals surface area (Å²) in [5.41, 5.74) is 3.68. The minimum absolute atomic E-state index is 0.0181. The first-order valence-corrected chi connectivity index (χ1v) is 12.4. The van der Waals surface area contributed by atoms with Gasteiger partial charge in [0.05, 0.1) is 39.4 Å². The third-order valence-corrected chi connectivity index (χ3v) is 7.74. The number of aryl methyl sites for hydroxylation is 2. The fraction of sp³-hybridized carbons (Fsp3) is 0.154. The molecule has 5 rings (SSSR count). The first-order valence-electron chi connectivity index (χ1n) is 10.7. The second-order valence-electron chi connectivity index (χ2n) is 8.18. The molecule has 0 saturated carbocycles. The lowest BCUT2D eigenvalue weighted by atomic mass is 9.95. The summed E-state index contributed by atoms with van der Waals surface area (Å²) < 4.78 is 5.68. The summed E-state index contributed by atoms with van der Waals surface area (Å²) >= 11 is 2.56. The van der Waals surface area contributed by atoms with Crippen LogP contribution in [0, 0.1) is 13.8 Å².